The predicted molar refractivity (Wildman–Crippen MR) is 78.9 cm³/mol. The Labute approximate surface area is 130 Å². The second-order valence-corrected chi connectivity index (χ2v) is 7.98. The van der Waals surface area contributed by atoms with Crippen molar-refractivity contribution in [3.8, 4) is 0 Å². The summed E-state index contributed by atoms with van der Waals surface area (Å²) < 4.78 is 43.4. The van der Waals surface area contributed by atoms with Crippen LogP contribution in [0.2, 0.25) is 0 Å². The summed E-state index contributed by atoms with van der Waals surface area (Å²) in [6, 6.07) is -0.333. The molecule has 0 radical (unpaired) electrons. The maximum atomic E-state index is 12.1. The summed E-state index contributed by atoms with van der Waals surface area (Å²) in [5.41, 5.74) is 1.73. The SMILES string of the molecule is Cc1noc(C)c1CO[C@H]1CCOC[C@H]1NS(=O)(=O)C1CC1. The summed E-state index contributed by atoms with van der Waals surface area (Å²) in [5.74, 6) is 0.736. The highest BCUT2D eigenvalue weighted by Gasteiger charge is 2.39. The molecule has 1 saturated heterocycles. The van der Waals surface area contributed by atoms with Crippen molar-refractivity contribution in [1.29, 1.82) is 0 Å². The lowest BCUT2D eigenvalue weighted by atomic mass is 10.1. The molecule has 0 bridgehead atoms. The van der Waals surface area contributed by atoms with Crippen molar-refractivity contribution in [2.24, 2.45) is 0 Å². The third kappa shape index (κ3) is 3.51. The summed E-state index contributed by atoms with van der Waals surface area (Å²) in [6.07, 6.45) is 1.96. The van der Waals surface area contributed by atoms with E-state index >= 15 is 0 Å². The predicted octanol–water partition coefficient (Wildman–Crippen LogP) is 1.05. The van der Waals surface area contributed by atoms with Gasteiger partial charge in [0.15, 0.2) is 0 Å². The Hall–Kier alpha value is -0.960. The highest BCUT2D eigenvalue weighted by atomic mass is 32.2. The fourth-order valence-corrected chi connectivity index (χ4v) is 4.20. The lowest BCUT2D eigenvalue weighted by Gasteiger charge is -2.31. The first kappa shape index (κ1) is 15.9. The van der Waals surface area contributed by atoms with Gasteiger partial charge in [-0.3, -0.25) is 0 Å². The van der Waals surface area contributed by atoms with E-state index in [0.29, 0.717) is 26.2 Å². The van der Waals surface area contributed by atoms with Crippen molar-refractivity contribution in [3.05, 3.63) is 17.0 Å². The van der Waals surface area contributed by atoms with E-state index in [9.17, 15) is 8.42 Å². The van der Waals surface area contributed by atoms with Crippen LogP contribution in [0.15, 0.2) is 4.52 Å². The minimum absolute atomic E-state index is 0.198. The number of nitrogens with zero attached hydrogens (tertiary/aromatic N) is 1. The van der Waals surface area contributed by atoms with Crippen LogP contribution in [0.1, 0.15) is 36.3 Å². The lowest BCUT2D eigenvalue weighted by Crippen LogP contribution is -2.51. The number of hydrogen-bond acceptors (Lipinski definition) is 6. The zero-order valence-electron chi connectivity index (χ0n) is 12.9. The molecular weight excluding hydrogens is 308 g/mol. The first-order valence-corrected chi connectivity index (χ1v) is 9.14. The molecule has 0 aromatic carbocycles. The van der Waals surface area contributed by atoms with Gasteiger partial charge >= 0.3 is 0 Å². The Morgan fingerprint density at radius 2 is 2.09 bits per heavy atom. The molecule has 1 N–H and O–H groups in total. The maximum absolute atomic E-state index is 12.1. The number of hydrogen-bond donors (Lipinski definition) is 1. The van der Waals surface area contributed by atoms with E-state index in [-0.39, 0.29) is 17.4 Å². The topological polar surface area (TPSA) is 90.7 Å². The molecule has 2 fully saturated rings. The van der Waals surface area contributed by atoms with Crippen molar-refractivity contribution < 1.29 is 22.4 Å². The van der Waals surface area contributed by atoms with E-state index in [4.69, 9.17) is 14.0 Å². The minimum atomic E-state index is -3.25. The van der Waals surface area contributed by atoms with Gasteiger partial charge in [-0.1, -0.05) is 5.16 Å². The summed E-state index contributed by atoms with van der Waals surface area (Å²) in [6.45, 7) is 5.00. The van der Waals surface area contributed by atoms with Gasteiger partial charge in [0.25, 0.3) is 0 Å². The average molecular weight is 330 g/mol. The zero-order chi connectivity index (χ0) is 15.7. The molecule has 0 spiro atoms. The number of sulfonamides is 1. The van der Waals surface area contributed by atoms with Crippen LogP contribution in [0.5, 0.6) is 0 Å². The van der Waals surface area contributed by atoms with E-state index < -0.39 is 10.0 Å². The molecule has 7 nitrogen and oxygen atoms in total. The molecule has 0 amide bonds. The number of nitrogens with one attached hydrogen (secondary N) is 1. The summed E-state index contributed by atoms with van der Waals surface area (Å²) in [4.78, 5) is 0. The molecule has 0 unspecified atom stereocenters. The highest BCUT2D eigenvalue weighted by Crippen LogP contribution is 2.28. The highest BCUT2D eigenvalue weighted by molar-refractivity contribution is 7.90. The fourth-order valence-electron chi connectivity index (χ4n) is 2.61. The van der Waals surface area contributed by atoms with E-state index in [1.165, 1.54) is 0 Å². The van der Waals surface area contributed by atoms with Crippen molar-refractivity contribution in [3.63, 3.8) is 0 Å². The molecule has 2 aliphatic rings. The van der Waals surface area contributed by atoms with Gasteiger partial charge in [-0.2, -0.15) is 0 Å². The largest absolute Gasteiger partial charge is 0.380 e. The third-order valence-electron chi connectivity index (χ3n) is 4.19. The van der Waals surface area contributed by atoms with E-state index in [1.54, 1.807) is 0 Å². The van der Waals surface area contributed by atoms with Crippen molar-refractivity contribution in [2.75, 3.05) is 13.2 Å². The average Bonchev–Trinajstić information content (AvgIpc) is 3.27. The molecule has 3 rings (SSSR count). The zero-order valence-corrected chi connectivity index (χ0v) is 13.7. The smallest absolute Gasteiger partial charge is 0.214 e. The first-order valence-electron chi connectivity index (χ1n) is 7.59. The second-order valence-electron chi connectivity index (χ2n) is 5.98. The number of aryl methyl sites for hydroxylation is 2. The quantitative estimate of drug-likeness (QED) is 0.838. The Morgan fingerprint density at radius 3 is 2.73 bits per heavy atom. The third-order valence-corrected chi connectivity index (χ3v) is 6.18. The summed E-state index contributed by atoms with van der Waals surface area (Å²) in [5, 5.41) is 3.66. The lowest BCUT2D eigenvalue weighted by molar-refractivity contribution is -0.0575. The monoisotopic (exact) mass is 330 g/mol. The summed E-state index contributed by atoms with van der Waals surface area (Å²) >= 11 is 0. The standard InChI is InChI=1S/C14H22N2O5S/c1-9-12(10(2)21-15-9)7-20-14-5-6-19-8-13(14)16-22(17,18)11-3-4-11/h11,13-14,16H,3-8H2,1-2H3/t13-,14+/m1/s1. The van der Waals surface area contributed by atoms with Gasteiger partial charge in [-0.05, 0) is 33.1 Å². The molecule has 1 aliphatic carbocycles. The number of ether oxygens (including phenoxy) is 2. The molecular formula is C14H22N2O5S. The molecule has 1 aromatic heterocycles. The van der Waals surface area contributed by atoms with E-state index in [1.807, 2.05) is 13.8 Å². The van der Waals surface area contributed by atoms with Crippen LogP contribution < -0.4 is 4.72 Å². The van der Waals surface area contributed by atoms with Crippen LogP contribution in [0.3, 0.4) is 0 Å². The molecule has 1 saturated carbocycles. The minimum Gasteiger partial charge on any atom is -0.380 e. The molecule has 124 valence electrons. The van der Waals surface area contributed by atoms with Gasteiger partial charge in [-0.15, -0.1) is 0 Å². The molecule has 8 heteroatoms. The van der Waals surface area contributed by atoms with E-state index in [0.717, 1.165) is 29.9 Å². The van der Waals surface area contributed by atoms with Crippen LogP contribution in [-0.4, -0.2) is 44.2 Å². The Bertz CT molecular complexity index is 604. The molecule has 2 heterocycles. The van der Waals surface area contributed by atoms with Gasteiger partial charge in [-0.25, -0.2) is 13.1 Å². The van der Waals surface area contributed by atoms with Crippen molar-refractivity contribution in [2.45, 2.75) is 57.1 Å². The Kier molecular flexibility index (Phi) is 4.54. The number of rotatable bonds is 6. The first-order chi connectivity index (χ1) is 10.5. The van der Waals surface area contributed by atoms with Gasteiger partial charge < -0.3 is 14.0 Å². The normalized spacial score (nSPS) is 26.3. The second kappa shape index (κ2) is 6.27. The fraction of sp³-hybridized carbons (Fsp3) is 0.786. The molecule has 1 aliphatic heterocycles. The van der Waals surface area contributed by atoms with Gasteiger partial charge in [0, 0.05) is 12.2 Å². The van der Waals surface area contributed by atoms with Gasteiger partial charge in [0.05, 0.1) is 36.3 Å². The van der Waals surface area contributed by atoms with Crippen LogP contribution in [0.25, 0.3) is 0 Å². The molecule has 1 aromatic rings. The van der Waals surface area contributed by atoms with Crippen molar-refractivity contribution in [1.82, 2.24) is 9.88 Å². The van der Waals surface area contributed by atoms with Crippen LogP contribution >= 0.6 is 0 Å². The van der Waals surface area contributed by atoms with Gasteiger partial charge in [0.1, 0.15) is 5.76 Å². The van der Waals surface area contributed by atoms with Crippen LogP contribution in [0, 0.1) is 13.8 Å². The Morgan fingerprint density at radius 1 is 1.32 bits per heavy atom. The maximum Gasteiger partial charge on any atom is 0.214 e. The molecule has 22 heavy (non-hydrogen) atoms. The van der Waals surface area contributed by atoms with Gasteiger partial charge in [0.2, 0.25) is 10.0 Å². The number of aromatic nitrogens is 1. The van der Waals surface area contributed by atoms with Crippen LogP contribution in [0.4, 0.5) is 0 Å². The van der Waals surface area contributed by atoms with E-state index in [2.05, 4.69) is 9.88 Å². The Balaban J connectivity index is 1.62. The van der Waals surface area contributed by atoms with Crippen molar-refractivity contribution >= 4 is 10.0 Å². The molecule has 2 atom stereocenters. The van der Waals surface area contributed by atoms with Crippen LogP contribution in [-0.2, 0) is 26.1 Å². The summed E-state index contributed by atoms with van der Waals surface area (Å²) in [7, 11) is -3.25.